The molecule has 0 unspecified atom stereocenters. The average molecular weight is 404 g/mol. The van der Waals surface area contributed by atoms with E-state index in [1.54, 1.807) is 7.11 Å². The summed E-state index contributed by atoms with van der Waals surface area (Å²) in [5, 5.41) is 0. The minimum atomic E-state index is -0.489. The van der Waals surface area contributed by atoms with Gasteiger partial charge in [0, 0.05) is 11.6 Å². The van der Waals surface area contributed by atoms with Gasteiger partial charge >= 0.3 is 0 Å². The first-order valence-corrected chi connectivity index (χ1v) is 10.1. The van der Waals surface area contributed by atoms with E-state index in [1.165, 1.54) is 6.42 Å². The highest BCUT2D eigenvalue weighted by atomic mass is 16.5. The Hall–Kier alpha value is -3.55. The van der Waals surface area contributed by atoms with E-state index >= 15 is 0 Å². The largest absolute Gasteiger partial charge is 0.497 e. The molecule has 2 heterocycles. The number of nitrogens with two attached hydrogens (primary N) is 2. The van der Waals surface area contributed by atoms with Crippen LogP contribution in [0.15, 0.2) is 56.9 Å². The molecule has 0 amide bonds. The first-order valence-electron chi connectivity index (χ1n) is 10.1. The number of rotatable bonds is 3. The van der Waals surface area contributed by atoms with Crippen molar-refractivity contribution in [1.82, 2.24) is 4.98 Å². The van der Waals surface area contributed by atoms with E-state index in [0.29, 0.717) is 17.4 Å². The van der Waals surface area contributed by atoms with Crippen LogP contribution in [-0.2, 0) is 0 Å². The molecule has 30 heavy (non-hydrogen) atoms. The van der Waals surface area contributed by atoms with Crippen molar-refractivity contribution in [3.63, 3.8) is 0 Å². The molecular formula is C22H24N6O2. The highest BCUT2D eigenvalue weighted by Gasteiger charge is 2.42. The van der Waals surface area contributed by atoms with Crippen LogP contribution in [-0.4, -0.2) is 29.7 Å². The predicted molar refractivity (Wildman–Crippen MR) is 118 cm³/mol. The predicted octanol–water partition coefficient (Wildman–Crippen LogP) is 3.61. The Morgan fingerprint density at radius 3 is 2.70 bits per heavy atom. The van der Waals surface area contributed by atoms with E-state index < -0.39 is 5.66 Å². The van der Waals surface area contributed by atoms with Crippen molar-refractivity contribution in [1.29, 1.82) is 0 Å². The molecule has 2 aromatic carbocycles. The Bertz CT molecular complexity index is 1160. The lowest BCUT2D eigenvalue weighted by molar-refractivity contribution is 0.305. The van der Waals surface area contributed by atoms with Crippen LogP contribution in [0.3, 0.4) is 0 Å². The number of ether oxygens (including phenoxy) is 1. The lowest BCUT2D eigenvalue weighted by Crippen LogP contribution is -2.58. The second-order valence-electron chi connectivity index (χ2n) is 7.72. The van der Waals surface area contributed by atoms with Crippen LogP contribution in [0.25, 0.3) is 22.6 Å². The average Bonchev–Trinajstić information content (AvgIpc) is 3.17. The van der Waals surface area contributed by atoms with E-state index in [4.69, 9.17) is 25.6 Å². The fourth-order valence-electron chi connectivity index (χ4n) is 4.43. The summed E-state index contributed by atoms with van der Waals surface area (Å²) in [6.45, 7) is 0. The summed E-state index contributed by atoms with van der Waals surface area (Å²) in [7, 11) is 1.64. The fraction of sp³-hybridized carbons (Fsp3) is 0.318. The molecule has 0 radical (unpaired) electrons. The molecule has 1 aliphatic carbocycles. The number of anilines is 1. The Kier molecular flexibility index (Phi) is 4.34. The molecule has 8 nitrogen and oxygen atoms in total. The smallest absolute Gasteiger partial charge is 0.227 e. The number of fused-ring (bicyclic) bond motifs is 1. The molecular weight excluding hydrogens is 380 g/mol. The van der Waals surface area contributed by atoms with Crippen molar-refractivity contribution in [2.45, 2.75) is 37.8 Å². The maximum absolute atomic E-state index is 6.33. The van der Waals surface area contributed by atoms with Crippen LogP contribution in [0.5, 0.6) is 5.75 Å². The van der Waals surface area contributed by atoms with Crippen molar-refractivity contribution >= 4 is 28.7 Å². The highest BCUT2D eigenvalue weighted by molar-refractivity contribution is 6.06. The molecule has 0 saturated heterocycles. The van der Waals surface area contributed by atoms with Crippen LogP contribution in [0.4, 0.5) is 5.69 Å². The number of nitrogens with zero attached hydrogens (tertiary/aromatic N) is 4. The maximum atomic E-state index is 6.33. The SMILES string of the molecule is COc1cccc(-c2nc3ccc(N4C(N)=NC(N)=NC45CCCCC5)cc3o2)c1. The van der Waals surface area contributed by atoms with Gasteiger partial charge in [0.15, 0.2) is 5.58 Å². The Morgan fingerprint density at radius 1 is 1.07 bits per heavy atom. The number of methoxy groups -OCH3 is 1. The first kappa shape index (κ1) is 18.5. The summed E-state index contributed by atoms with van der Waals surface area (Å²) in [5.74, 6) is 1.89. The molecule has 8 heteroatoms. The van der Waals surface area contributed by atoms with Crippen LogP contribution in [0.2, 0.25) is 0 Å². The summed E-state index contributed by atoms with van der Waals surface area (Å²) in [6, 6.07) is 13.5. The van der Waals surface area contributed by atoms with E-state index in [2.05, 4.69) is 9.98 Å². The summed E-state index contributed by atoms with van der Waals surface area (Å²) in [4.78, 5) is 15.6. The maximum Gasteiger partial charge on any atom is 0.227 e. The van der Waals surface area contributed by atoms with E-state index in [0.717, 1.165) is 48.2 Å². The Morgan fingerprint density at radius 2 is 1.90 bits per heavy atom. The van der Waals surface area contributed by atoms with Crippen LogP contribution in [0.1, 0.15) is 32.1 Å². The highest BCUT2D eigenvalue weighted by Crippen LogP contribution is 2.40. The minimum Gasteiger partial charge on any atom is -0.497 e. The Labute approximate surface area is 174 Å². The summed E-state index contributed by atoms with van der Waals surface area (Å²) < 4.78 is 11.4. The van der Waals surface area contributed by atoms with Crippen molar-refractivity contribution in [2.24, 2.45) is 21.5 Å². The van der Waals surface area contributed by atoms with Gasteiger partial charge in [-0.25, -0.2) is 9.98 Å². The number of hydrogen-bond acceptors (Lipinski definition) is 8. The number of guanidine groups is 2. The molecule has 3 aromatic rings. The molecule has 1 aromatic heterocycles. The molecule has 1 aliphatic heterocycles. The van der Waals surface area contributed by atoms with E-state index in [1.807, 2.05) is 47.4 Å². The van der Waals surface area contributed by atoms with Crippen molar-refractivity contribution in [3.8, 4) is 17.2 Å². The summed E-state index contributed by atoms with van der Waals surface area (Å²) in [6.07, 6.45) is 5.10. The van der Waals surface area contributed by atoms with Gasteiger partial charge in [0.05, 0.1) is 12.8 Å². The molecule has 0 atom stereocenters. The summed E-state index contributed by atoms with van der Waals surface area (Å²) >= 11 is 0. The standard InChI is InChI=1S/C22H24N6O2/c1-29-16-7-5-6-14(12-16)19-25-17-9-8-15(13-18(17)30-19)28-21(24)26-20(23)27-22(28)10-3-2-4-11-22/h5-9,12-13H,2-4,10-11H2,1H3,(H4,23,24,26,27). The van der Waals surface area contributed by atoms with Crippen molar-refractivity contribution in [3.05, 3.63) is 42.5 Å². The van der Waals surface area contributed by atoms with E-state index in [9.17, 15) is 0 Å². The number of aliphatic imine (C=N–C) groups is 2. The zero-order valence-electron chi connectivity index (χ0n) is 16.8. The molecule has 2 aliphatic rings. The summed E-state index contributed by atoms with van der Waals surface area (Å²) in [5.41, 5.74) is 15.0. The second kappa shape index (κ2) is 7.05. The molecule has 1 fully saturated rings. The van der Waals surface area contributed by atoms with Crippen LogP contribution < -0.4 is 21.1 Å². The number of benzene rings is 2. The Balaban J connectivity index is 1.56. The molecule has 5 rings (SSSR count). The first-order chi connectivity index (χ1) is 14.6. The number of oxazole rings is 1. The monoisotopic (exact) mass is 404 g/mol. The third-order valence-corrected chi connectivity index (χ3v) is 5.80. The topological polar surface area (TPSA) is 115 Å². The van der Waals surface area contributed by atoms with Gasteiger partial charge in [-0.3, -0.25) is 4.90 Å². The minimum absolute atomic E-state index is 0.242. The molecule has 0 bridgehead atoms. The third-order valence-electron chi connectivity index (χ3n) is 5.80. The van der Waals surface area contributed by atoms with Gasteiger partial charge in [0.25, 0.3) is 0 Å². The zero-order chi connectivity index (χ0) is 20.7. The fourth-order valence-corrected chi connectivity index (χ4v) is 4.43. The van der Waals surface area contributed by atoms with Gasteiger partial charge in [-0.1, -0.05) is 12.5 Å². The van der Waals surface area contributed by atoms with Crippen molar-refractivity contribution < 1.29 is 9.15 Å². The van der Waals surface area contributed by atoms with Gasteiger partial charge in [-0.15, -0.1) is 0 Å². The second-order valence-corrected chi connectivity index (χ2v) is 7.72. The lowest BCUT2D eigenvalue weighted by atomic mass is 9.87. The number of hydrogen-bond donors (Lipinski definition) is 2. The molecule has 1 saturated carbocycles. The molecule has 154 valence electrons. The van der Waals surface area contributed by atoms with Crippen molar-refractivity contribution in [2.75, 3.05) is 12.0 Å². The van der Waals surface area contributed by atoms with Gasteiger partial charge in [-0.05, 0) is 56.0 Å². The van der Waals surface area contributed by atoms with Gasteiger partial charge < -0.3 is 20.6 Å². The van der Waals surface area contributed by atoms with Gasteiger partial charge in [-0.2, -0.15) is 4.99 Å². The number of aromatic nitrogens is 1. The molecule has 4 N–H and O–H groups in total. The van der Waals surface area contributed by atoms with Crippen LogP contribution >= 0.6 is 0 Å². The van der Waals surface area contributed by atoms with E-state index in [-0.39, 0.29) is 5.96 Å². The zero-order valence-corrected chi connectivity index (χ0v) is 16.8. The molecule has 1 spiro atoms. The van der Waals surface area contributed by atoms with Gasteiger partial charge in [0.2, 0.25) is 17.8 Å². The third kappa shape index (κ3) is 3.04. The van der Waals surface area contributed by atoms with Gasteiger partial charge in [0.1, 0.15) is 16.9 Å². The quantitative estimate of drug-likeness (QED) is 0.689. The lowest BCUT2D eigenvalue weighted by Gasteiger charge is -2.45. The normalized spacial score (nSPS) is 18.4. The van der Waals surface area contributed by atoms with Crippen LogP contribution in [0, 0.1) is 0 Å².